The highest BCUT2D eigenvalue weighted by molar-refractivity contribution is 5.80. The van der Waals surface area contributed by atoms with E-state index in [0.29, 0.717) is 17.2 Å². The first-order valence-corrected chi connectivity index (χ1v) is 5.71. The second-order valence-electron chi connectivity index (χ2n) is 3.90. The van der Waals surface area contributed by atoms with Crippen LogP contribution in [0.1, 0.15) is 19.4 Å². The van der Waals surface area contributed by atoms with Crippen LogP contribution in [0.5, 0.6) is 17.2 Å². The molecule has 0 aliphatic rings. The quantitative estimate of drug-likeness (QED) is 0.744. The Labute approximate surface area is 109 Å². The van der Waals surface area contributed by atoms with Gasteiger partial charge < -0.3 is 14.2 Å². The highest BCUT2D eigenvalue weighted by atomic mass is 16.5. The first-order valence-electron chi connectivity index (χ1n) is 5.71. The molecule has 1 aromatic rings. The van der Waals surface area contributed by atoms with Crippen LogP contribution in [0.2, 0.25) is 0 Å². The standard InChI is InChI=1S/C15H20O3/c1-7-12(10(2)3)11-8-13(16-4)15(18-6)14(9-11)17-5/h7-9H,2H2,1,3-6H3/b12-7+. The molecule has 3 nitrogen and oxygen atoms in total. The summed E-state index contributed by atoms with van der Waals surface area (Å²) in [6.45, 7) is 7.93. The molecule has 0 N–H and O–H groups in total. The van der Waals surface area contributed by atoms with Crippen LogP contribution in [0.25, 0.3) is 5.57 Å². The van der Waals surface area contributed by atoms with Gasteiger partial charge in [0.15, 0.2) is 11.5 Å². The monoisotopic (exact) mass is 248 g/mol. The topological polar surface area (TPSA) is 27.7 Å². The van der Waals surface area contributed by atoms with E-state index in [1.54, 1.807) is 21.3 Å². The van der Waals surface area contributed by atoms with Gasteiger partial charge in [-0.3, -0.25) is 0 Å². The van der Waals surface area contributed by atoms with Crippen molar-refractivity contribution in [3.63, 3.8) is 0 Å². The van der Waals surface area contributed by atoms with E-state index in [4.69, 9.17) is 14.2 Å². The predicted octanol–water partition coefficient (Wildman–Crippen LogP) is 3.69. The van der Waals surface area contributed by atoms with E-state index in [-0.39, 0.29) is 0 Å². The SMILES string of the molecule is C=C(C)/C(=C\C)c1cc(OC)c(OC)c(OC)c1. The molecule has 0 saturated carbocycles. The fourth-order valence-corrected chi connectivity index (χ4v) is 1.90. The Bertz CT molecular complexity index is 448. The number of allylic oxidation sites excluding steroid dienone is 3. The van der Waals surface area contributed by atoms with Crippen LogP contribution in [0.3, 0.4) is 0 Å². The summed E-state index contributed by atoms with van der Waals surface area (Å²) in [6, 6.07) is 3.84. The summed E-state index contributed by atoms with van der Waals surface area (Å²) in [5.74, 6) is 1.89. The Morgan fingerprint density at radius 1 is 1.06 bits per heavy atom. The van der Waals surface area contributed by atoms with Gasteiger partial charge in [0.2, 0.25) is 5.75 Å². The zero-order valence-corrected chi connectivity index (χ0v) is 11.7. The molecule has 1 rings (SSSR count). The third-order valence-electron chi connectivity index (χ3n) is 2.72. The summed E-state index contributed by atoms with van der Waals surface area (Å²) in [5, 5.41) is 0. The van der Waals surface area contributed by atoms with Gasteiger partial charge in [-0.25, -0.2) is 0 Å². The first kappa shape index (κ1) is 14.2. The van der Waals surface area contributed by atoms with Crippen molar-refractivity contribution in [2.24, 2.45) is 0 Å². The molecule has 0 unspecified atom stereocenters. The number of ether oxygens (including phenoxy) is 3. The van der Waals surface area contributed by atoms with Gasteiger partial charge in [0, 0.05) is 0 Å². The zero-order valence-electron chi connectivity index (χ0n) is 11.7. The van der Waals surface area contributed by atoms with Crippen LogP contribution >= 0.6 is 0 Å². The molecule has 0 heterocycles. The summed E-state index contributed by atoms with van der Waals surface area (Å²) < 4.78 is 16.0. The van der Waals surface area contributed by atoms with Crippen LogP contribution in [-0.2, 0) is 0 Å². The molecule has 0 radical (unpaired) electrons. The first-order chi connectivity index (χ1) is 8.58. The van der Waals surface area contributed by atoms with Crippen molar-refractivity contribution in [3.8, 4) is 17.2 Å². The van der Waals surface area contributed by atoms with Gasteiger partial charge >= 0.3 is 0 Å². The fourth-order valence-electron chi connectivity index (χ4n) is 1.90. The summed E-state index contributed by atoms with van der Waals surface area (Å²) in [7, 11) is 4.81. The second-order valence-corrected chi connectivity index (χ2v) is 3.90. The molecule has 18 heavy (non-hydrogen) atoms. The van der Waals surface area contributed by atoms with Crippen LogP contribution in [0.4, 0.5) is 0 Å². The summed E-state index contributed by atoms with van der Waals surface area (Å²) in [4.78, 5) is 0. The average molecular weight is 248 g/mol. The minimum atomic E-state index is 0.598. The molecule has 0 aliphatic carbocycles. The Hall–Kier alpha value is -1.90. The van der Waals surface area contributed by atoms with Crippen molar-refractivity contribution >= 4 is 5.57 Å². The van der Waals surface area contributed by atoms with Crippen molar-refractivity contribution in [2.75, 3.05) is 21.3 Å². The van der Waals surface area contributed by atoms with Gasteiger partial charge in [-0.1, -0.05) is 18.2 Å². The van der Waals surface area contributed by atoms with Crippen LogP contribution in [0, 0.1) is 0 Å². The maximum absolute atomic E-state index is 5.33. The number of rotatable bonds is 5. The number of hydrogen-bond acceptors (Lipinski definition) is 3. The molecule has 0 aliphatic heterocycles. The molecular formula is C15H20O3. The molecule has 0 saturated heterocycles. The van der Waals surface area contributed by atoms with Crippen molar-refractivity contribution in [1.82, 2.24) is 0 Å². The lowest BCUT2D eigenvalue weighted by Crippen LogP contribution is -1.97. The predicted molar refractivity (Wildman–Crippen MR) is 74.6 cm³/mol. The number of methoxy groups -OCH3 is 3. The van der Waals surface area contributed by atoms with E-state index >= 15 is 0 Å². The van der Waals surface area contributed by atoms with Crippen molar-refractivity contribution in [1.29, 1.82) is 0 Å². The number of hydrogen-bond donors (Lipinski definition) is 0. The second kappa shape index (κ2) is 6.15. The van der Waals surface area contributed by atoms with Gasteiger partial charge in [-0.05, 0) is 37.1 Å². The van der Waals surface area contributed by atoms with Crippen LogP contribution in [0.15, 0.2) is 30.4 Å². The molecule has 0 atom stereocenters. The lowest BCUT2D eigenvalue weighted by molar-refractivity contribution is 0.324. The Morgan fingerprint density at radius 3 is 1.83 bits per heavy atom. The van der Waals surface area contributed by atoms with E-state index in [9.17, 15) is 0 Å². The van der Waals surface area contributed by atoms with Gasteiger partial charge in [-0.15, -0.1) is 0 Å². The van der Waals surface area contributed by atoms with Gasteiger partial charge in [-0.2, -0.15) is 0 Å². The lowest BCUT2D eigenvalue weighted by atomic mass is 9.99. The van der Waals surface area contributed by atoms with Gasteiger partial charge in [0.1, 0.15) is 0 Å². The largest absolute Gasteiger partial charge is 0.493 e. The molecule has 0 spiro atoms. The summed E-state index contributed by atoms with van der Waals surface area (Å²) in [5.41, 5.74) is 3.06. The summed E-state index contributed by atoms with van der Waals surface area (Å²) >= 11 is 0. The van der Waals surface area contributed by atoms with Crippen molar-refractivity contribution in [2.45, 2.75) is 13.8 Å². The Morgan fingerprint density at radius 2 is 1.56 bits per heavy atom. The van der Waals surface area contributed by atoms with E-state index in [1.165, 1.54) is 0 Å². The molecule has 0 bridgehead atoms. The van der Waals surface area contributed by atoms with Gasteiger partial charge in [0.25, 0.3) is 0 Å². The number of benzene rings is 1. The Balaban J connectivity index is 3.44. The zero-order chi connectivity index (χ0) is 13.7. The highest BCUT2D eigenvalue weighted by Crippen LogP contribution is 2.40. The summed E-state index contributed by atoms with van der Waals surface area (Å²) in [6.07, 6.45) is 2.02. The molecule has 0 aromatic heterocycles. The van der Waals surface area contributed by atoms with E-state index < -0.39 is 0 Å². The highest BCUT2D eigenvalue weighted by Gasteiger charge is 2.14. The molecule has 0 amide bonds. The molecule has 3 heteroatoms. The van der Waals surface area contributed by atoms with Crippen molar-refractivity contribution < 1.29 is 14.2 Å². The van der Waals surface area contributed by atoms with Crippen LogP contribution < -0.4 is 14.2 Å². The minimum Gasteiger partial charge on any atom is -0.493 e. The third-order valence-corrected chi connectivity index (χ3v) is 2.72. The average Bonchev–Trinajstić information content (AvgIpc) is 2.37. The van der Waals surface area contributed by atoms with Crippen LogP contribution in [-0.4, -0.2) is 21.3 Å². The van der Waals surface area contributed by atoms with E-state index in [0.717, 1.165) is 16.7 Å². The molecular weight excluding hydrogens is 228 g/mol. The molecule has 98 valence electrons. The fraction of sp³-hybridized carbons (Fsp3) is 0.333. The van der Waals surface area contributed by atoms with E-state index in [1.807, 2.05) is 32.1 Å². The maximum atomic E-state index is 5.33. The Kier molecular flexibility index (Phi) is 4.84. The smallest absolute Gasteiger partial charge is 0.203 e. The van der Waals surface area contributed by atoms with Crippen molar-refractivity contribution in [3.05, 3.63) is 35.9 Å². The van der Waals surface area contributed by atoms with Gasteiger partial charge in [0.05, 0.1) is 21.3 Å². The molecule has 0 fully saturated rings. The third kappa shape index (κ3) is 2.67. The normalized spacial score (nSPS) is 11.1. The lowest BCUT2D eigenvalue weighted by Gasteiger charge is -2.15. The maximum Gasteiger partial charge on any atom is 0.203 e. The molecule has 1 aromatic carbocycles. The van der Waals surface area contributed by atoms with E-state index in [2.05, 4.69) is 6.58 Å². The minimum absolute atomic E-state index is 0.598.